The lowest BCUT2D eigenvalue weighted by atomic mass is 10.2. The standard InChI is InChI=1S/C14H11FN2S/c1-18-14-5-3-2-4-13(14)17-12-7-10(9-16)6-11(15)8-12/h2-8,17H,1H3. The third kappa shape index (κ3) is 2.82. The SMILES string of the molecule is CSc1ccccc1Nc1cc(F)cc(C#N)c1. The highest BCUT2D eigenvalue weighted by molar-refractivity contribution is 7.98. The maximum Gasteiger partial charge on any atom is 0.126 e. The molecule has 0 aromatic heterocycles. The van der Waals surface area contributed by atoms with Crippen LogP contribution in [0.25, 0.3) is 0 Å². The molecule has 2 aromatic rings. The fraction of sp³-hybridized carbons (Fsp3) is 0.0714. The molecule has 4 heteroatoms. The molecule has 0 atom stereocenters. The molecule has 2 aromatic carbocycles. The molecule has 0 spiro atoms. The molecule has 1 N–H and O–H groups in total. The number of rotatable bonds is 3. The first-order valence-electron chi connectivity index (χ1n) is 5.33. The lowest BCUT2D eigenvalue weighted by molar-refractivity contribution is 0.628. The maximum absolute atomic E-state index is 13.3. The van der Waals surface area contributed by atoms with Gasteiger partial charge >= 0.3 is 0 Å². The first-order chi connectivity index (χ1) is 8.72. The summed E-state index contributed by atoms with van der Waals surface area (Å²) in [4.78, 5) is 1.07. The van der Waals surface area contributed by atoms with E-state index in [1.54, 1.807) is 17.8 Å². The summed E-state index contributed by atoms with van der Waals surface area (Å²) in [5.74, 6) is -0.418. The molecule has 0 radical (unpaired) electrons. The highest BCUT2D eigenvalue weighted by Crippen LogP contribution is 2.28. The number of anilines is 2. The Morgan fingerprint density at radius 2 is 2.00 bits per heavy atom. The van der Waals surface area contributed by atoms with E-state index in [1.807, 2.05) is 36.6 Å². The van der Waals surface area contributed by atoms with Gasteiger partial charge < -0.3 is 5.32 Å². The molecule has 0 unspecified atom stereocenters. The Hall–Kier alpha value is -1.99. The topological polar surface area (TPSA) is 35.8 Å². The van der Waals surface area contributed by atoms with E-state index in [-0.39, 0.29) is 0 Å². The smallest absolute Gasteiger partial charge is 0.126 e. The van der Waals surface area contributed by atoms with Gasteiger partial charge in [0, 0.05) is 10.6 Å². The fourth-order valence-electron chi connectivity index (χ4n) is 1.63. The van der Waals surface area contributed by atoms with Crippen LogP contribution >= 0.6 is 11.8 Å². The van der Waals surface area contributed by atoms with Gasteiger partial charge in [-0.3, -0.25) is 0 Å². The van der Waals surface area contributed by atoms with Crippen molar-refractivity contribution in [2.75, 3.05) is 11.6 Å². The number of benzene rings is 2. The molecule has 0 saturated heterocycles. The third-order valence-electron chi connectivity index (χ3n) is 2.41. The molecule has 0 bridgehead atoms. The van der Waals surface area contributed by atoms with E-state index >= 15 is 0 Å². The number of thioether (sulfide) groups is 1. The summed E-state index contributed by atoms with van der Waals surface area (Å²) in [5.41, 5.74) is 1.78. The molecule has 0 fully saturated rings. The Labute approximate surface area is 109 Å². The zero-order chi connectivity index (χ0) is 13.0. The second-order valence-electron chi connectivity index (χ2n) is 3.67. The van der Waals surface area contributed by atoms with Crippen LogP contribution in [0.15, 0.2) is 47.4 Å². The molecule has 90 valence electrons. The quantitative estimate of drug-likeness (QED) is 0.839. The number of nitrogens with zero attached hydrogens (tertiary/aromatic N) is 1. The number of nitrogens with one attached hydrogen (secondary N) is 1. The van der Waals surface area contributed by atoms with E-state index in [0.717, 1.165) is 10.6 Å². The van der Waals surface area contributed by atoms with Crippen LogP contribution in [0.2, 0.25) is 0 Å². The predicted molar refractivity (Wildman–Crippen MR) is 72.6 cm³/mol. The van der Waals surface area contributed by atoms with Crippen molar-refractivity contribution in [3.05, 3.63) is 53.8 Å². The van der Waals surface area contributed by atoms with E-state index in [0.29, 0.717) is 11.3 Å². The average molecular weight is 258 g/mol. The van der Waals surface area contributed by atoms with Gasteiger partial charge in [0.25, 0.3) is 0 Å². The Morgan fingerprint density at radius 3 is 2.72 bits per heavy atom. The van der Waals surface area contributed by atoms with Crippen molar-refractivity contribution in [2.24, 2.45) is 0 Å². The number of hydrogen-bond donors (Lipinski definition) is 1. The first-order valence-corrected chi connectivity index (χ1v) is 6.56. The van der Waals surface area contributed by atoms with Gasteiger partial charge in [0.2, 0.25) is 0 Å². The van der Waals surface area contributed by atoms with E-state index < -0.39 is 5.82 Å². The molecule has 0 aliphatic carbocycles. The van der Waals surface area contributed by atoms with Crippen LogP contribution in [0.1, 0.15) is 5.56 Å². The highest BCUT2D eigenvalue weighted by atomic mass is 32.2. The number of nitriles is 1. The second-order valence-corrected chi connectivity index (χ2v) is 4.51. The summed E-state index contributed by atoms with van der Waals surface area (Å²) in [6.07, 6.45) is 1.98. The largest absolute Gasteiger partial charge is 0.354 e. The van der Waals surface area contributed by atoms with Crippen LogP contribution in [-0.2, 0) is 0 Å². The van der Waals surface area contributed by atoms with Crippen LogP contribution < -0.4 is 5.32 Å². The van der Waals surface area contributed by atoms with E-state index in [9.17, 15) is 4.39 Å². The maximum atomic E-state index is 13.3. The van der Waals surface area contributed by atoms with Gasteiger partial charge in [0.1, 0.15) is 5.82 Å². The summed E-state index contributed by atoms with van der Waals surface area (Å²) in [5, 5.41) is 11.9. The van der Waals surface area contributed by atoms with Crippen LogP contribution in [0.3, 0.4) is 0 Å². The summed E-state index contributed by atoms with van der Waals surface area (Å²) in [6.45, 7) is 0. The van der Waals surface area contributed by atoms with E-state index in [1.165, 1.54) is 12.1 Å². The molecule has 0 aliphatic heterocycles. The number of para-hydroxylation sites is 1. The van der Waals surface area contributed by atoms with Gasteiger partial charge in [0.05, 0.1) is 17.3 Å². The zero-order valence-corrected chi connectivity index (χ0v) is 10.6. The lowest BCUT2D eigenvalue weighted by Crippen LogP contribution is -1.94. The highest BCUT2D eigenvalue weighted by Gasteiger charge is 2.04. The Bertz CT molecular complexity index is 605. The van der Waals surface area contributed by atoms with E-state index in [2.05, 4.69) is 5.32 Å². The molecule has 2 nitrogen and oxygen atoms in total. The lowest BCUT2D eigenvalue weighted by Gasteiger charge is -2.10. The summed E-state index contributed by atoms with van der Waals surface area (Å²) >= 11 is 1.61. The Kier molecular flexibility index (Phi) is 3.85. The molecule has 18 heavy (non-hydrogen) atoms. The van der Waals surface area contributed by atoms with Crippen LogP contribution in [0.5, 0.6) is 0 Å². The summed E-state index contributed by atoms with van der Waals surface area (Å²) < 4.78 is 13.3. The van der Waals surface area contributed by atoms with Crippen molar-refractivity contribution in [1.29, 1.82) is 5.26 Å². The molecular weight excluding hydrogens is 247 g/mol. The minimum Gasteiger partial charge on any atom is -0.354 e. The third-order valence-corrected chi connectivity index (χ3v) is 3.21. The molecule has 2 rings (SSSR count). The number of hydrogen-bond acceptors (Lipinski definition) is 3. The van der Waals surface area contributed by atoms with E-state index in [4.69, 9.17) is 5.26 Å². The molecule has 0 aliphatic rings. The second kappa shape index (κ2) is 5.56. The first kappa shape index (κ1) is 12.5. The van der Waals surface area contributed by atoms with Gasteiger partial charge in [0.15, 0.2) is 0 Å². The van der Waals surface area contributed by atoms with Gasteiger partial charge in [-0.2, -0.15) is 5.26 Å². The summed E-state index contributed by atoms with van der Waals surface area (Å²) in [7, 11) is 0. The van der Waals surface area contributed by atoms with Crippen molar-refractivity contribution in [1.82, 2.24) is 0 Å². The van der Waals surface area contributed by atoms with Gasteiger partial charge in [-0.1, -0.05) is 12.1 Å². The number of halogens is 1. The summed E-state index contributed by atoms with van der Waals surface area (Å²) in [6, 6.07) is 13.9. The van der Waals surface area contributed by atoms with Crippen molar-refractivity contribution in [3.63, 3.8) is 0 Å². The van der Waals surface area contributed by atoms with Crippen molar-refractivity contribution in [2.45, 2.75) is 4.90 Å². The molecule has 0 heterocycles. The van der Waals surface area contributed by atoms with Crippen molar-refractivity contribution >= 4 is 23.1 Å². The van der Waals surface area contributed by atoms with Gasteiger partial charge in [-0.05, 0) is 36.6 Å². The van der Waals surface area contributed by atoms with Gasteiger partial charge in [-0.15, -0.1) is 11.8 Å². The van der Waals surface area contributed by atoms with Gasteiger partial charge in [-0.25, -0.2) is 4.39 Å². The van der Waals surface area contributed by atoms with Crippen LogP contribution in [-0.4, -0.2) is 6.26 Å². The fourth-order valence-corrected chi connectivity index (χ4v) is 2.18. The molecule has 0 amide bonds. The van der Waals surface area contributed by atoms with Crippen LogP contribution in [0, 0.1) is 17.1 Å². The molecular formula is C14H11FN2S. The monoisotopic (exact) mass is 258 g/mol. The Balaban J connectivity index is 2.34. The minimum atomic E-state index is -0.418. The van der Waals surface area contributed by atoms with Crippen molar-refractivity contribution < 1.29 is 4.39 Å². The minimum absolute atomic E-state index is 0.305. The normalized spacial score (nSPS) is 9.83. The molecule has 0 saturated carbocycles. The zero-order valence-electron chi connectivity index (χ0n) is 9.77. The average Bonchev–Trinajstić information content (AvgIpc) is 2.38. The Morgan fingerprint density at radius 1 is 1.22 bits per heavy atom. The van der Waals surface area contributed by atoms with Crippen LogP contribution in [0.4, 0.5) is 15.8 Å². The predicted octanol–water partition coefficient (Wildman–Crippen LogP) is 4.16. The van der Waals surface area contributed by atoms with Crippen molar-refractivity contribution in [3.8, 4) is 6.07 Å².